The standard InChI is InChI=1S/C15H9N5O2/c1-16-10-4-5-12(18-8-10)14-7-13(15(21)22)19-20(14)11-3-2-6-17-9-11/h2-9H,(H,21,22). The van der Waals surface area contributed by atoms with Crippen molar-refractivity contribution in [3.8, 4) is 17.1 Å². The number of hydrogen-bond acceptors (Lipinski definition) is 4. The number of pyridine rings is 2. The average Bonchev–Trinajstić information content (AvgIpc) is 3.01. The Hall–Kier alpha value is -3.53. The van der Waals surface area contributed by atoms with Crippen LogP contribution in [0, 0.1) is 6.57 Å². The first kappa shape index (κ1) is 13.5. The lowest BCUT2D eigenvalue weighted by atomic mass is 10.2. The van der Waals surface area contributed by atoms with Gasteiger partial charge in [0.25, 0.3) is 0 Å². The van der Waals surface area contributed by atoms with E-state index in [0.717, 1.165) is 0 Å². The Morgan fingerprint density at radius 3 is 2.73 bits per heavy atom. The molecule has 3 heterocycles. The van der Waals surface area contributed by atoms with Gasteiger partial charge >= 0.3 is 5.97 Å². The van der Waals surface area contributed by atoms with Crippen LogP contribution in [0.1, 0.15) is 10.5 Å². The number of carboxylic acids is 1. The third-order valence-electron chi connectivity index (χ3n) is 2.96. The Morgan fingerprint density at radius 2 is 2.14 bits per heavy atom. The van der Waals surface area contributed by atoms with Crippen LogP contribution in [0.3, 0.4) is 0 Å². The monoisotopic (exact) mass is 291 g/mol. The van der Waals surface area contributed by atoms with Crippen molar-refractivity contribution in [3.05, 3.63) is 66.0 Å². The van der Waals surface area contributed by atoms with E-state index >= 15 is 0 Å². The normalized spacial score (nSPS) is 10.1. The van der Waals surface area contributed by atoms with Crippen LogP contribution in [0.15, 0.2) is 48.9 Å². The predicted molar refractivity (Wildman–Crippen MR) is 77.8 cm³/mol. The Kier molecular flexibility index (Phi) is 3.34. The summed E-state index contributed by atoms with van der Waals surface area (Å²) in [5.41, 5.74) is 1.99. The maximum Gasteiger partial charge on any atom is 0.356 e. The van der Waals surface area contributed by atoms with Crippen molar-refractivity contribution < 1.29 is 9.90 Å². The second-order valence-corrected chi connectivity index (χ2v) is 4.36. The first-order chi connectivity index (χ1) is 10.7. The zero-order chi connectivity index (χ0) is 15.5. The molecule has 3 aromatic rings. The van der Waals surface area contributed by atoms with E-state index in [9.17, 15) is 4.79 Å². The molecule has 7 nitrogen and oxygen atoms in total. The van der Waals surface area contributed by atoms with E-state index in [1.807, 2.05) is 0 Å². The van der Waals surface area contributed by atoms with Gasteiger partial charge in [-0.25, -0.2) is 14.3 Å². The van der Waals surface area contributed by atoms with E-state index in [0.29, 0.717) is 22.8 Å². The first-order valence-electron chi connectivity index (χ1n) is 6.26. The summed E-state index contributed by atoms with van der Waals surface area (Å²) in [6.45, 7) is 6.94. The highest BCUT2D eigenvalue weighted by Gasteiger charge is 2.16. The Morgan fingerprint density at radius 1 is 1.27 bits per heavy atom. The molecule has 0 radical (unpaired) electrons. The van der Waals surface area contributed by atoms with Gasteiger partial charge in [0, 0.05) is 18.5 Å². The minimum Gasteiger partial charge on any atom is -0.476 e. The topological polar surface area (TPSA) is 85.3 Å². The highest BCUT2D eigenvalue weighted by atomic mass is 16.4. The van der Waals surface area contributed by atoms with Crippen molar-refractivity contribution in [2.75, 3.05) is 0 Å². The number of rotatable bonds is 3. The maximum atomic E-state index is 11.2. The molecule has 0 spiro atoms. The molecule has 0 aromatic carbocycles. The number of aromatic carboxylic acids is 1. The van der Waals surface area contributed by atoms with Gasteiger partial charge in [-0.05, 0) is 18.2 Å². The number of carboxylic acid groups (broad SMARTS) is 1. The van der Waals surface area contributed by atoms with E-state index in [1.165, 1.54) is 16.9 Å². The lowest BCUT2D eigenvalue weighted by Gasteiger charge is -2.06. The number of aromatic nitrogens is 4. The van der Waals surface area contributed by atoms with Crippen molar-refractivity contribution in [2.45, 2.75) is 0 Å². The minimum atomic E-state index is -1.12. The van der Waals surface area contributed by atoms with E-state index in [-0.39, 0.29) is 5.69 Å². The van der Waals surface area contributed by atoms with Gasteiger partial charge in [0.15, 0.2) is 5.69 Å². The molecule has 0 saturated carbocycles. The van der Waals surface area contributed by atoms with Crippen LogP contribution in [-0.2, 0) is 0 Å². The van der Waals surface area contributed by atoms with Gasteiger partial charge in [-0.1, -0.05) is 6.07 Å². The van der Waals surface area contributed by atoms with Gasteiger partial charge in [-0.3, -0.25) is 9.97 Å². The molecule has 0 saturated heterocycles. The Bertz CT molecular complexity index is 863. The summed E-state index contributed by atoms with van der Waals surface area (Å²) in [5.74, 6) is -1.12. The zero-order valence-electron chi connectivity index (χ0n) is 11.2. The number of nitrogens with zero attached hydrogens (tertiary/aromatic N) is 5. The maximum absolute atomic E-state index is 11.2. The van der Waals surface area contributed by atoms with Gasteiger partial charge < -0.3 is 5.11 Å². The molecule has 3 rings (SSSR count). The van der Waals surface area contributed by atoms with Crippen molar-refractivity contribution >= 4 is 11.7 Å². The van der Waals surface area contributed by atoms with Crippen molar-refractivity contribution in [1.29, 1.82) is 0 Å². The summed E-state index contributed by atoms with van der Waals surface area (Å²) in [7, 11) is 0. The quantitative estimate of drug-likeness (QED) is 0.750. The lowest BCUT2D eigenvalue weighted by Crippen LogP contribution is -2.02. The largest absolute Gasteiger partial charge is 0.476 e. The Labute approximate surface area is 125 Å². The van der Waals surface area contributed by atoms with Gasteiger partial charge in [0.05, 0.1) is 29.8 Å². The predicted octanol–water partition coefficient (Wildman–Crippen LogP) is 2.58. The zero-order valence-corrected chi connectivity index (χ0v) is 11.2. The van der Waals surface area contributed by atoms with Crippen molar-refractivity contribution in [3.63, 3.8) is 0 Å². The number of hydrogen-bond donors (Lipinski definition) is 1. The average molecular weight is 291 g/mol. The van der Waals surface area contributed by atoms with Crippen molar-refractivity contribution in [1.82, 2.24) is 19.7 Å². The summed E-state index contributed by atoms with van der Waals surface area (Å²) < 4.78 is 1.47. The van der Waals surface area contributed by atoms with E-state index in [4.69, 9.17) is 11.7 Å². The van der Waals surface area contributed by atoms with Crippen LogP contribution < -0.4 is 0 Å². The number of carbonyl (C=O) groups is 1. The van der Waals surface area contributed by atoms with Gasteiger partial charge in [-0.2, -0.15) is 5.10 Å². The SMILES string of the molecule is [C-]#[N+]c1ccc(-c2cc(C(=O)O)nn2-c2cccnc2)nc1. The highest BCUT2D eigenvalue weighted by Crippen LogP contribution is 2.23. The molecule has 3 aromatic heterocycles. The molecule has 0 unspecified atom stereocenters. The molecular weight excluding hydrogens is 282 g/mol. The molecule has 7 heteroatoms. The summed E-state index contributed by atoms with van der Waals surface area (Å²) in [6, 6.07) is 8.22. The molecular formula is C15H9N5O2. The summed E-state index contributed by atoms with van der Waals surface area (Å²) in [4.78, 5) is 22.7. The fourth-order valence-corrected chi connectivity index (χ4v) is 1.95. The van der Waals surface area contributed by atoms with Crippen LogP contribution >= 0.6 is 0 Å². The molecule has 0 aliphatic rings. The Balaban J connectivity index is 2.17. The van der Waals surface area contributed by atoms with Crippen LogP contribution in [0.5, 0.6) is 0 Å². The van der Waals surface area contributed by atoms with E-state index < -0.39 is 5.97 Å². The van der Waals surface area contributed by atoms with Gasteiger partial charge in [0.2, 0.25) is 5.69 Å². The van der Waals surface area contributed by atoms with Crippen molar-refractivity contribution in [2.24, 2.45) is 0 Å². The van der Waals surface area contributed by atoms with Gasteiger partial charge in [0.1, 0.15) is 0 Å². The molecule has 0 amide bonds. The molecule has 0 bridgehead atoms. The summed E-state index contributed by atoms with van der Waals surface area (Å²) >= 11 is 0. The minimum absolute atomic E-state index is 0.0880. The summed E-state index contributed by atoms with van der Waals surface area (Å²) in [6.07, 6.45) is 4.63. The fourth-order valence-electron chi connectivity index (χ4n) is 1.95. The molecule has 1 N–H and O–H groups in total. The van der Waals surface area contributed by atoms with E-state index in [1.54, 1.807) is 36.7 Å². The second-order valence-electron chi connectivity index (χ2n) is 4.36. The second kappa shape index (κ2) is 5.46. The van der Waals surface area contributed by atoms with Crippen LogP contribution in [0.2, 0.25) is 0 Å². The molecule has 0 aliphatic carbocycles. The van der Waals surface area contributed by atoms with Crippen LogP contribution in [-0.4, -0.2) is 30.8 Å². The van der Waals surface area contributed by atoms with E-state index in [2.05, 4.69) is 19.9 Å². The summed E-state index contributed by atoms with van der Waals surface area (Å²) in [5, 5.41) is 13.2. The molecule has 22 heavy (non-hydrogen) atoms. The molecule has 0 aliphatic heterocycles. The van der Waals surface area contributed by atoms with Crippen LogP contribution in [0.25, 0.3) is 21.9 Å². The smallest absolute Gasteiger partial charge is 0.356 e. The lowest BCUT2D eigenvalue weighted by molar-refractivity contribution is 0.0690. The highest BCUT2D eigenvalue weighted by molar-refractivity contribution is 5.87. The fraction of sp³-hybridized carbons (Fsp3) is 0. The first-order valence-corrected chi connectivity index (χ1v) is 6.26. The molecule has 106 valence electrons. The third-order valence-corrected chi connectivity index (χ3v) is 2.96. The third kappa shape index (κ3) is 2.41. The van der Waals surface area contributed by atoms with Crippen LogP contribution in [0.4, 0.5) is 5.69 Å². The molecule has 0 fully saturated rings. The molecule has 0 atom stereocenters. The van der Waals surface area contributed by atoms with Gasteiger partial charge in [-0.15, -0.1) is 0 Å².